The number of anilines is 2. The second kappa shape index (κ2) is 6.41. The maximum Gasteiger partial charge on any atom is 0.323 e. The predicted molar refractivity (Wildman–Crippen MR) is 84.3 cm³/mol. The van der Waals surface area contributed by atoms with E-state index in [9.17, 15) is 14.1 Å². The van der Waals surface area contributed by atoms with Crippen LogP contribution in [0.5, 0.6) is 5.75 Å². The molecule has 0 saturated carbocycles. The first-order chi connectivity index (χ1) is 9.95. The van der Waals surface area contributed by atoms with Gasteiger partial charge in [0.15, 0.2) is 0 Å². The molecule has 21 heavy (non-hydrogen) atoms. The second-order valence-electron chi connectivity index (χ2n) is 4.56. The van der Waals surface area contributed by atoms with Gasteiger partial charge < -0.3 is 15.7 Å². The molecule has 0 saturated heterocycles. The van der Waals surface area contributed by atoms with Gasteiger partial charge >= 0.3 is 6.03 Å². The Kier molecular flexibility index (Phi) is 4.59. The van der Waals surface area contributed by atoms with Gasteiger partial charge in [-0.25, -0.2) is 4.79 Å². The predicted octanol–water partition coefficient (Wildman–Crippen LogP) is 3.08. The van der Waals surface area contributed by atoms with Crippen molar-refractivity contribution in [2.24, 2.45) is 0 Å². The van der Waals surface area contributed by atoms with Crippen molar-refractivity contribution in [3.8, 4) is 5.75 Å². The van der Waals surface area contributed by atoms with E-state index in [1.165, 1.54) is 6.07 Å². The molecule has 0 aliphatic carbocycles. The zero-order chi connectivity index (χ0) is 15.4. The standard InChI is InChI=1S/C15H16N2O3S/c1-10-8-12(6-7-14(10)18)17-15(19)16-11-4-3-5-13(9-11)21(2)20/h3-9,18H,1-2H3,(H2,16,17,19)/t21-/m0/s1. The van der Waals surface area contributed by atoms with Crippen molar-refractivity contribution in [3.63, 3.8) is 0 Å². The van der Waals surface area contributed by atoms with Gasteiger partial charge in [-0.05, 0) is 48.9 Å². The number of urea groups is 1. The summed E-state index contributed by atoms with van der Waals surface area (Å²) in [5.74, 6) is 0.180. The molecule has 0 heterocycles. The first kappa shape index (κ1) is 15.1. The SMILES string of the molecule is Cc1cc(NC(=O)Nc2cccc([S@](C)=O)c2)ccc1O. The van der Waals surface area contributed by atoms with Crippen molar-refractivity contribution < 1.29 is 14.1 Å². The lowest BCUT2D eigenvalue weighted by atomic mass is 10.2. The summed E-state index contributed by atoms with van der Waals surface area (Å²) in [6.07, 6.45) is 1.58. The van der Waals surface area contributed by atoms with Crippen LogP contribution in [0.4, 0.5) is 16.2 Å². The third-order valence-electron chi connectivity index (χ3n) is 2.88. The number of aryl methyl sites for hydroxylation is 1. The van der Waals surface area contributed by atoms with Gasteiger partial charge in [-0.15, -0.1) is 0 Å². The molecule has 0 aliphatic rings. The zero-order valence-electron chi connectivity index (χ0n) is 11.7. The molecular weight excluding hydrogens is 288 g/mol. The van der Waals surface area contributed by atoms with E-state index in [0.29, 0.717) is 21.8 Å². The fourth-order valence-electron chi connectivity index (χ4n) is 1.78. The summed E-state index contributed by atoms with van der Waals surface area (Å²) >= 11 is 0. The van der Waals surface area contributed by atoms with E-state index >= 15 is 0 Å². The van der Waals surface area contributed by atoms with Crippen LogP contribution in [0.2, 0.25) is 0 Å². The normalized spacial score (nSPS) is 11.7. The van der Waals surface area contributed by atoms with E-state index in [-0.39, 0.29) is 5.75 Å². The molecule has 0 radical (unpaired) electrons. The molecule has 1 atom stereocenters. The Labute approximate surface area is 125 Å². The quantitative estimate of drug-likeness (QED) is 0.762. The molecule has 0 unspecified atom stereocenters. The van der Waals surface area contributed by atoms with Crippen LogP contribution < -0.4 is 10.6 Å². The number of hydrogen-bond donors (Lipinski definition) is 3. The van der Waals surface area contributed by atoms with Crippen molar-refractivity contribution in [1.82, 2.24) is 0 Å². The minimum Gasteiger partial charge on any atom is -0.508 e. The lowest BCUT2D eigenvalue weighted by Crippen LogP contribution is -2.19. The number of rotatable bonds is 3. The monoisotopic (exact) mass is 304 g/mol. The average Bonchev–Trinajstić information content (AvgIpc) is 2.43. The van der Waals surface area contributed by atoms with E-state index < -0.39 is 16.8 Å². The Morgan fingerprint density at radius 3 is 2.38 bits per heavy atom. The number of benzene rings is 2. The van der Waals surface area contributed by atoms with Gasteiger partial charge in [0.2, 0.25) is 0 Å². The van der Waals surface area contributed by atoms with E-state index in [2.05, 4.69) is 10.6 Å². The highest BCUT2D eigenvalue weighted by atomic mass is 32.2. The maximum absolute atomic E-state index is 11.9. The minimum absolute atomic E-state index is 0.180. The van der Waals surface area contributed by atoms with Crippen LogP contribution in [0.1, 0.15) is 5.56 Å². The van der Waals surface area contributed by atoms with Crippen LogP contribution >= 0.6 is 0 Å². The molecule has 0 bridgehead atoms. The van der Waals surface area contributed by atoms with Crippen LogP contribution in [0.25, 0.3) is 0 Å². The summed E-state index contributed by atoms with van der Waals surface area (Å²) in [5, 5.41) is 14.8. The topological polar surface area (TPSA) is 78.4 Å². The molecule has 0 aliphatic heterocycles. The molecule has 0 aromatic heterocycles. The van der Waals surface area contributed by atoms with Crippen molar-refractivity contribution in [1.29, 1.82) is 0 Å². The van der Waals surface area contributed by atoms with E-state index in [0.717, 1.165) is 0 Å². The molecule has 0 spiro atoms. The van der Waals surface area contributed by atoms with Gasteiger partial charge in [-0.3, -0.25) is 4.21 Å². The van der Waals surface area contributed by atoms with Gasteiger partial charge in [0.1, 0.15) is 5.75 Å². The molecule has 2 aromatic carbocycles. The summed E-state index contributed by atoms with van der Waals surface area (Å²) in [6.45, 7) is 1.75. The molecule has 6 heteroatoms. The molecule has 2 amide bonds. The highest BCUT2D eigenvalue weighted by molar-refractivity contribution is 7.84. The van der Waals surface area contributed by atoms with Crippen LogP contribution in [-0.2, 0) is 10.8 Å². The summed E-state index contributed by atoms with van der Waals surface area (Å²) in [5.41, 5.74) is 1.82. The second-order valence-corrected chi connectivity index (χ2v) is 5.94. The first-order valence-electron chi connectivity index (χ1n) is 6.27. The largest absolute Gasteiger partial charge is 0.508 e. The smallest absolute Gasteiger partial charge is 0.323 e. The molecule has 110 valence electrons. The van der Waals surface area contributed by atoms with Gasteiger partial charge in [0.05, 0.1) is 0 Å². The molecule has 0 fully saturated rings. The van der Waals surface area contributed by atoms with Gasteiger partial charge in [-0.2, -0.15) is 0 Å². The average molecular weight is 304 g/mol. The molecular formula is C15H16N2O3S. The lowest BCUT2D eigenvalue weighted by Gasteiger charge is -2.09. The van der Waals surface area contributed by atoms with Crippen LogP contribution in [-0.4, -0.2) is 21.6 Å². The van der Waals surface area contributed by atoms with Crippen LogP contribution in [0.15, 0.2) is 47.4 Å². The molecule has 5 nitrogen and oxygen atoms in total. The Bertz CT molecular complexity index is 701. The van der Waals surface area contributed by atoms with E-state index in [1.807, 2.05) is 0 Å². The number of carbonyl (C=O) groups is 1. The summed E-state index contributed by atoms with van der Waals surface area (Å²) in [6, 6.07) is 11.3. The van der Waals surface area contributed by atoms with Gasteiger partial charge in [0, 0.05) is 33.3 Å². The molecule has 2 aromatic rings. The van der Waals surface area contributed by atoms with Crippen molar-refractivity contribution in [2.45, 2.75) is 11.8 Å². The molecule has 3 N–H and O–H groups in total. The van der Waals surface area contributed by atoms with E-state index in [4.69, 9.17) is 0 Å². The number of amides is 2. The summed E-state index contributed by atoms with van der Waals surface area (Å²) in [7, 11) is -1.10. The Balaban J connectivity index is 2.06. The third-order valence-corrected chi connectivity index (χ3v) is 3.80. The number of phenols is 1. The highest BCUT2D eigenvalue weighted by Crippen LogP contribution is 2.20. The van der Waals surface area contributed by atoms with Crippen molar-refractivity contribution >= 4 is 28.2 Å². The van der Waals surface area contributed by atoms with Crippen molar-refractivity contribution in [3.05, 3.63) is 48.0 Å². The number of aromatic hydroxyl groups is 1. The Morgan fingerprint density at radius 1 is 1.10 bits per heavy atom. The fourth-order valence-corrected chi connectivity index (χ4v) is 2.34. The number of hydrogen-bond acceptors (Lipinski definition) is 3. The van der Waals surface area contributed by atoms with Gasteiger partial charge in [0.25, 0.3) is 0 Å². The maximum atomic E-state index is 11.9. The first-order valence-corrected chi connectivity index (χ1v) is 7.82. The van der Waals surface area contributed by atoms with E-state index in [1.54, 1.807) is 49.6 Å². The van der Waals surface area contributed by atoms with Crippen LogP contribution in [0, 0.1) is 6.92 Å². The summed E-state index contributed by atoms with van der Waals surface area (Å²) < 4.78 is 11.4. The number of carbonyl (C=O) groups excluding carboxylic acids is 1. The minimum atomic E-state index is -1.10. The fraction of sp³-hybridized carbons (Fsp3) is 0.133. The highest BCUT2D eigenvalue weighted by Gasteiger charge is 2.05. The summed E-state index contributed by atoms with van der Waals surface area (Å²) in [4.78, 5) is 12.5. The van der Waals surface area contributed by atoms with Crippen LogP contribution in [0.3, 0.4) is 0 Å². The number of nitrogens with one attached hydrogen (secondary N) is 2. The van der Waals surface area contributed by atoms with Crippen molar-refractivity contribution in [2.75, 3.05) is 16.9 Å². The molecule has 2 rings (SSSR count). The lowest BCUT2D eigenvalue weighted by molar-refractivity contribution is 0.262. The van der Waals surface area contributed by atoms with Gasteiger partial charge in [-0.1, -0.05) is 6.07 Å². The Morgan fingerprint density at radius 2 is 1.76 bits per heavy atom. The number of phenolic OH excluding ortho intramolecular Hbond substituents is 1. The third kappa shape index (κ3) is 4.06. The zero-order valence-corrected chi connectivity index (χ0v) is 12.5. The Hall–Kier alpha value is -2.34.